The number of aliphatic hydroxyl groups is 1. The van der Waals surface area contributed by atoms with Crippen molar-refractivity contribution in [3.63, 3.8) is 0 Å². The van der Waals surface area contributed by atoms with E-state index < -0.39 is 12.0 Å². The van der Waals surface area contributed by atoms with Crippen molar-refractivity contribution in [2.45, 2.75) is 107 Å². The molecule has 1 aliphatic rings. The third-order valence-electron chi connectivity index (χ3n) is 5.69. The zero-order valence-electron chi connectivity index (χ0n) is 30.7. The lowest BCUT2D eigenvalue weighted by Gasteiger charge is -2.26. The minimum absolute atomic E-state index is 0.0219. The van der Waals surface area contributed by atoms with Gasteiger partial charge in [-0.25, -0.2) is 14.2 Å². The van der Waals surface area contributed by atoms with Crippen LogP contribution in [0.25, 0.3) is 0 Å². The maximum absolute atomic E-state index is 11.3. The third kappa shape index (κ3) is 25.5. The number of halogens is 3. The van der Waals surface area contributed by atoms with E-state index in [0.717, 1.165) is 38.1 Å². The number of nitrogens with zero attached hydrogens (tertiary/aromatic N) is 1. The number of hydrogen-bond acceptors (Lipinski definition) is 5. The summed E-state index contributed by atoms with van der Waals surface area (Å²) >= 11 is 0. The molecule has 0 heterocycles. The molecule has 0 fully saturated rings. The van der Waals surface area contributed by atoms with E-state index in [9.17, 15) is 13.2 Å². The second kappa shape index (κ2) is 30.3. The van der Waals surface area contributed by atoms with Gasteiger partial charge in [0.2, 0.25) is 0 Å². The summed E-state index contributed by atoms with van der Waals surface area (Å²) in [7, 11) is 8.52. The van der Waals surface area contributed by atoms with E-state index in [-0.39, 0.29) is 6.10 Å². The third-order valence-corrected chi connectivity index (χ3v) is 6.07. The summed E-state index contributed by atoms with van der Waals surface area (Å²) in [6, 6.07) is 8.48. The van der Waals surface area contributed by atoms with Crippen molar-refractivity contribution in [1.29, 1.82) is 0 Å². The highest BCUT2D eigenvalue weighted by Gasteiger charge is 2.25. The Hall–Kier alpha value is -2.38. The highest BCUT2D eigenvalue weighted by molar-refractivity contribution is 7.27. The zero-order valence-corrected chi connectivity index (χ0v) is 31.8. The smallest absolute Gasteiger partial charge is 0.266 e. The first-order chi connectivity index (χ1) is 21.2. The Kier molecular flexibility index (Phi) is 33.3. The first-order valence-corrected chi connectivity index (χ1v) is 15.9. The quantitative estimate of drug-likeness (QED) is 0.157. The van der Waals surface area contributed by atoms with Crippen molar-refractivity contribution in [2.75, 3.05) is 33.5 Å². The van der Waals surface area contributed by atoms with Gasteiger partial charge in [0.05, 0.1) is 26.1 Å². The van der Waals surface area contributed by atoms with Crippen LogP contribution in [0.3, 0.4) is 0 Å². The second-order valence-corrected chi connectivity index (χ2v) is 10.7. The first-order valence-electron chi connectivity index (χ1n) is 15.3. The Bertz CT molecular complexity index is 1010. The van der Waals surface area contributed by atoms with Gasteiger partial charge in [0.15, 0.2) is 0 Å². The number of benzene rings is 1. The predicted octanol–water partition coefficient (Wildman–Crippen LogP) is 9.88. The van der Waals surface area contributed by atoms with Crippen LogP contribution in [0.5, 0.6) is 0 Å². The van der Waals surface area contributed by atoms with Crippen LogP contribution in [0.1, 0.15) is 89.0 Å². The van der Waals surface area contributed by atoms with Gasteiger partial charge in [0, 0.05) is 19.9 Å². The number of allylic oxidation sites excluding steroid dienone is 7. The Morgan fingerprint density at radius 3 is 1.91 bits per heavy atom. The summed E-state index contributed by atoms with van der Waals surface area (Å²) in [5.41, 5.74) is 7.84. The summed E-state index contributed by atoms with van der Waals surface area (Å²) in [4.78, 5) is 0. The van der Waals surface area contributed by atoms with Gasteiger partial charge in [0.1, 0.15) is 11.4 Å². The average Bonchev–Trinajstić information content (AvgIpc) is 3.22. The largest absolute Gasteiger partial charge is 0.497 e. The fraction of sp³-hybridized carbons (Fsp3) is 0.556. The SMILES string of the molecule is CC.CC.CC(C)(O)C(F)F.CF.CNN(/C(C)=C(\C)CCC=C(C)C)c1ccc(P)cc1.COC1=CC(OC)C=CC(C)=C1. The number of ether oxygens (including phenoxy) is 2. The Labute approximate surface area is 276 Å². The Morgan fingerprint density at radius 1 is 1.04 bits per heavy atom. The van der Waals surface area contributed by atoms with Crippen LogP contribution in [0.15, 0.2) is 82.8 Å². The van der Waals surface area contributed by atoms with E-state index >= 15 is 0 Å². The molecule has 1 aliphatic carbocycles. The van der Waals surface area contributed by atoms with Crippen LogP contribution < -0.4 is 15.7 Å². The lowest BCUT2D eigenvalue weighted by Crippen LogP contribution is -2.34. The zero-order chi connectivity index (χ0) is 36.2. The number of alkyl halides is 3. The molecule has 5 nitrogen and oxygen atoms in total. The maximum atomic E-state index is 11.3. The summed E-state index contributed by atoms with van der Waals surface area (Å²) in [5, 5.41) is 11.7. The number of methoxy groups -OCH3 is 2. The molecule has 9 heteroatoms. The molecule has 1 aromatic rings. The van der Waals surface area contributed by atoms with E-state index in [4.69, 9.17) is 14.6 Å². The molecule has 45 heavy (non-hydrogen) atoms. The topological polar surface area (TPSA) is 54.0 Å². The molecule has 1 aromatic carbocycles. The molecule has 2 atom stereocenters. The molecule has 2 rings (SSSR count). The molecular weight excluding hydrogens is 596 g/mol. The first kappa shape index (κ1) is 49.5. The van der Waals surface area contributed by atoms with Crippen molar-refractivity contribution < 1.29 is 27.8 Å². The number of hydrazine groups is 1. The highest BCUT2D eigenvalue weighted by Crippen LogP contribution is 2.21. The van der Waals surface area contributed by atoms with Gasteiger partial charge in [-0.3, -0.25) is 9.40 Å². The Morgan fingerprint density at radius 2 is 1.53 bits per heavy atom. The van der Waals surface area contributed by atoms with Crippen molar-refractivity contribution in [3.8, 4) is 0 Å². The van der Waals surface area contributed by atoms with Crippen molar-refractivity contribution in [2.24, 2.45) is 0 Å². The monoisotopic (exact) mass is 660 g/mol. The summed E-state index contributed by atoms with van der Waals surface area (Å²) in [6.07, 6.45) is 9.81. The lowest BCUT2D eigenvalue weighted by atomic mass is 10.1. The van der Waals surface area contributed by atoms with Crippen molar-refractivity contribution in [1.82, 2.24) is 5.43 Å². The van der Waals surface area contributed by atoms with Gasteiger partial charge in [0.25, 0.3) is 6.43 Å². The Balaban J connectivity index is -0.000000285. The van der Waals surface area contributed by atoms with Crippen LogP contribution in [0.2, 0.25) is 0 Å². The fourth-order valence-electron chi connectivity index (χ4n) is 3.12. The molecule has 2 N–H and O–H groups in total. The maximum Gasteiger partial charge on any atom is 0.266 e. The number of hydrogen-bond donors (Lipinski definition) is 2. The summed E-state index contributed by atoms with van der Waals surface area (Å²) < 4.78 is 42.4. The molecule has 0 radical (unpaired) electrons. The van der Waals surface area contributed by atoms with Gasteiger partial charge >= 0.3 is 0 Å². The number of anilines is 1. The van der Waals surface area contributed by atoms with Gasteiger partial charge in [-0.05, 0) is 96.5 Å². The molecular formula is C36H64F3N2O3P. The van der Waals surface area contributed by atoms with Crippen LogP contribution in [0.4, 0.5) is 18.9 Å². The fourth-order valence-corrected chi connectivity index (χ4v) is 3.31. The van der Waals surface area contributed by atoms with Crippen LogP contribution >= 0.6 is 9.24 Å². The van der Waals surface area contributed by atoms with E-state index in [0.29, 0.717) is 7.18 Å². The molecule has 2 unspecified atom stereocenters. The van der Waals surface area contributed by atoms with Crippen LogP contribution in [-0.2, 0) is 9.47 Å². The second-order valence-electron chi connectivity index (χ2n) is 10.0. The molecule has 262 valence electrons. The summed E-state index contributed by atoms with van der Waals surface area (Å²) in [5.74, 6) is 0.851. The molecule has 0 saturated heterocycles. The van der Waals surface area contributed by atoms with Crippen molar-refractivity contribution in [3.05, 3.63) is 82.8 Å². The van der Waals surface area contributed by atoms with Gasteiger partial charge < -0.3 is 14.6 Å². The molecule has 0 aliphatic heterocycles. The molecule has 0 amide bonds. The molecule has 0 bridgehead atoms. The summed E-state index contributed by atoms with van der Waals surface area (Å²) in [6.45, 7) is 20.8. The normalized spacial score (nSPS) is 13.8. The van der Waals surface area contributed by atoms with Crippen LogP contribution in [-0.4, -0.2) is 51.7 Å². The van der Waals surface area contributed by atoms with E-state index in [1.54, 1.807) is 14.2 Å². The molecule has 0 aromatic heterocycles. The number of nitrogens with one attached hydrogen (secondary N) is 1. The van der Waals surface area contributed by atoms with Gasteiger partial charge in [-0.2, -0.15) is 0 Å². The predicted molar refractivity (Wildman–Crippen MR) is 195 cm³/mol. The van der Waals surface area contributed by atoms with E-state index in [1.165, 1.54) is 27.7 Å². The lowest BCUT2D eigenvalue weighted by molar-refractivity contribution is -0.0695. The molecule has 0 spiro atoms. The standard InChI is InChI=1S/C17H27N2P.C10H14O2.C4H8F2O.2C2H6.CH3F/c1-13(2)7-6-8-14(3)15(4)19(18-5)16-9-11-17(20)12-10-16;1-8-4-5-9(11-2)7-10(6-8)12-3;1-4(2,7)3(5)6;3*1-2/h7,9-12,18H,6,8,20H2,1-5H3;4-7,9H,1-3H3;3,7H,1-2H3;2*1-2H3;1H3/b15-14+;;;;;. The van der Waals surface area contributed by atoms with Crippen molar-refractivity contribution >= 4 is 20.2 Å². The average molecular weight is 661 g/mol. The minimum atomic E-state index is -2.65. The van der Waals surface area contributed by atoms with Gasteiger partial charge in [-0.15, -0.1) is 9.24 Å². The van der Waals surface area contributed by atoms with E-state index in [2.05, 4.69) is 77.7 Å². The van der Waals surface area contributed by atoms with Crippen LogP contribution in [0, 0.1) is 0 Å². The minimum Gasteiger partial charge on any atom is -0.497 e. The van der Waals surface area contributed by atoms with E-state index in [1.807, 2.05) is 66.0 Å². The van der Waals surface area contributed by atoms with Gasteiger partial charge in [-0.1, -0.05) is 69.2 Å². The number of rotatable bonds is 9. The highest BCUT2D eigenvalue weighted by atomic mass is 31.0. The molecule has 0 saturated carbocycles.